The lowest BCUT2D eigenvalue weighted by Gasteiger charge is -2.07. The summed E-state index contributed by atoms with van der Waals surface area (Å²) in [5, 5.41) is 9.94. The number of thiazole rings is 1. The summed E-state index contributed by atoms with van der Waals surface area (Å²) in [5.41, 5.74) is 3.84. The molecule has 1 N–H and O–H groups in total. The first-order valence-corrected chi connectivity index (χ1v) is 5.28. The van der Waals surface area contributed by atoms with Crippen LogP contribution in [0.1, 0.15) is 22.1 Å². The molecule has 0 aliphatic rings. The maximum Gasteiger partial charge on any atom is 0.115 e. The topological polar surface area (TPSA) is 33.1 Å². The Balaban J connectivity index is 2.28. The zero-order valence-electron chi connectivity index (χ0n) is 7.84. The van der Waals surface area contributed by atoms with Gasteiger partial charge >= 0.3 is 0 Å². The third kappa shape index (κ3) is 1.84. The first-order valence-electron chi connectivity index (χ1n) is 4.40. The molecule has 1 atom stereocenters. The Bertz CT molecular complexity index is 394. The van der Waals surface area contributed by atoms with Gasteiger partial charge < -0.3 is 5.11 Å². The van der Waals surface area contributed by atoms with Crippen molar-refractivity contribution in [2.45, 2.75) is 13.0 Å². The minimum Gasteiger partial charge on any atom is -0.383 e. The van der Waals surface area contributed by atoms with Crippen molar-refractivity contribution in [1.82, 2.24) is 4.98 Å². The second kappa shape index (κ2) is 3.90. The van der Waals surface area contributed by atoms with Gasteiger partial charge in [-0.25, -0.2) is 0 Å². The first-order chi connectivity index (χ1) is 6.77. The number of benzene rings is 1. The van der Waals surface area contributed by atoms with Crippen molar-refractivity contribution in [2.24, 2.45) is 0 Å². The summed E-state index contributed by atoms with van der Waals surface area (Å²) in [6.07, 6.45) is 1.16. The summed E-state index contributed by atoms with van der Waals surface area (Å²) in [4.78, 5) is 4.83. The molecule has 0 saturated heterocycles. The molecule has 2 nitrogen and oxygen atoms in total. The van der Waals surface area contributed by atoms with Gasteiger partial charge in [-0.05, 0) is 12.5 Å². The molecule has 72 valence electrons. The second-order valence-electron chi connectivity index (χ2n) is 3.22. The average Bonchev–Trinajstić information content (AvgIpc) is 2.71. The number of rotatable bonds is 2. The van der Waals surface area contributed by atoms with E-state index in [4.69, 9.17) is 0 Å². The van der Waals surface area contributed by atoms with Gasteiger partial charge in [0, 0.05) is 6.20 Å². The number of hydrogen-bond acceptors (Lipinski definition) is 3. The zero-order chi connectivity index (χ0) is 9.97. The van der Waals surface area contributed by atoms with E-state index in [2.05, 4.69) is 4.98 Å². The van der Waals surface area contributed by atoms with Crippen LogP contribution < -0.4 is 0 Å². The van der Waals surface area contributed by atoms with Crippen molar-refractivity contribution in [3.63, 3.8) is 0 Å². The molecule has 1 aromatic heterocycles. The molecule has 2 aromatic rings. The normalized spacial score (nSPS) is 12.7. The van der Waals surface area contributed by atoms with Gasteiger partial charge in [-0.15, -0.1) is 11.3 Å². The molecule has 0 radical (unpaired) electrons. The highest BCUT2D eigenvalue weighted by Crippen LogP contribution is 2.24. The van der Waals surface area contributed by atoms with E-state index >= 15 is 0 Å². The van der Waals surface area contributed by atoms with Gasteiger partial charge in [0.05, 0.1) is 10.4 Å². The van der Waals surface area contributed by atoms with Crippen LogP contribution in [-0.4, -0.2) is 10.1 Å². The molecule has 1 heterocycles. The first kappa shape index (κ1) is 9.37. The van der Waals surface area contributed by atoms with Crippen molar-refractivity contribution in [3.05, 3.63) is 52.0 Å². The smallest absolute Gasteiger partial charge is 0.115 e. The standard InChI is InChI=1S/C11H11NOS/c1-8-2-4-9(5-3-8)11(13)10-6-12-7-14-10/h2-7,11,13H,1H3. The molecule has 0 spiro atoms. The molecule has 14 heavy (non-hydrogen) atoms. The molecule has 0 fully saturated rings. The second-order valence-corrected chi connectivity index (χ2v) is 4.13. The Kier molecular flexibility index (Phi) is 2.61. The van der Waals surface area contributed by atoms with Crippen molar-refractivity contribution in [1.29, 1.82) is 0 Å². The summed E-state index contributed by atoms with van der Waals surface area (Å²) in [5.74, 6) is 0. The van der Waals surface area contributed by atoms with Crippen LogP contribution in [0, 0.1) is 6.92 Å². The minimum absolute atomic E-state index is 0.539. The fraction of sp³-hybridized carbons (Fsp3) is 0.182. The lowest BCUT2D eigenvalue weighted by atomic mass is 10.1. The van der Waals surface area contributed by atoms with Crippen molar-refractivity contribution < 1.29 is 5.11 Å². The summed E-state index contributed by atoms with van der Waals surface area (Å²) < 4.78 is 0. The third-order valence-electron chi connectivity index (χ3n) is 2.11. The Morgan fingerprint density at radius 2 is 2.00 bits per heavy atom. The van der Waals surface area contributed by atoms with E-state index in [9.17, 15) is 5.11 Å². The van der Waals surface area contributed by atoms with Crippen LogP contribution in [0.5, 0.6) is 0 Å². The SMILES string of the molecule is Cc1ccc(C(O)c2cncs2)cc1. The third-order valence-corrected chi connectivity index (χ3v) is 2.94. The van der Waals surface area contributed by atoms with Gasteiger partial charge in [0.25, 0.3) is 0 Å². The number of aliphatic hydroxyl groups excluding tert-OH is 1. The maximum atomic E-state index is 9.94. The van der Waals surface area contributed by atoms with E-state index in [0.29, 0.717) is 0 Å². The van der Waals surface area contributed by atoms with Crippen LogP contribution in [0.4, 0.5) is 0 Å². The highest BCUT2D eigenvalue weighted by Gasteiger charge is 2.10. The largest absolute Gasteiger partial charge is 0.383 e. The monoisotopic (exact) mass is 205 g/mol. The van der Waals surface area contributed by atoms with E-state index in [1.54, 1.807) is 11.7 Å². The van der Waals surface area contributed by atoms with Crippen molar-refractivity contribution in [2.75, 3.05) is 0 Å². The van der Waals surface area contributed by atoms with Gasteiger partial charge in [0.2, 0.25) is 0 Å². The summed E-state index contributed by atoms with van der Waals surface area (Å²) in [7, 11) is 0. The Labute approximate surface area is 86.9 Å². The molecule has 0 aliphatic carbocycles. The Morgan fingerprint density at radius 3 is 2.57 bits per heavy atom. The van der Waals surface area contributed by atoms with Gasteiger partial charge in [-0.3, -0.25) is 4.98 Å². The molecular formula is C11H11NOS. The maximum absolute atomic E-state index is 9.94. The number of nitrogens with zero attached hydrogens (tertiary/aromatic N) is 1. The van der Waals surface area contributed by atoms with Gasteiger partial charge in [-0.1, -0.05) is 29.8 Å². The lowest BCUT2D eigenvalue weighted by molar-refractivity contribution is 0.224. The van der Waals surface area contributed by atoms with Gasteiger partial charge in [0.15, 0.2) is 0 Å². The van der Waals surface area contributed by atoms with Gasteiger partial charge in [0.1, 0.15) is 6.10 Å². The minimum atomic E-state index is -0.539. The van der Waals surface area contributed by atoms with Gasteiger partial charge in [-0.2, -0.15) is 0 Å². The van der Waals surface area contributed by atoms with Crippen molar-refractivity contribution in [3.8, 4) is 0 Å². The molecule has 0 amide bonds. The van der Waals surface area contributed by atoms with Crippen LogP contribution in [-0.2, 0) is 0 Å². The van der Waals surface area contributed by atoms with Crippen molar-refractivity contribution >= 4 is 11.3 Å². The summed E-state index contributed by atoms with van der Waals surface area (Å²) in [6, 6.07) is 7.89. The van der Waals surface area contributed by atoms with Crippen LogP contribution in [0.3, 0.4) is 0 Å². The van der Waals surface area contributed by atoms with Crippen LogP contribution in [0.25, 0.3) is 0 Å². The van der Waals surface area contributed by atoms with E-state index < -0.39 is 6.10 Å². The molecular weight excluding hydrogens is 194 g/mol. The fourth-order valence-corrected chi connectivity index (χ4v) is 1.90. The molecule has 0 aliphatic heterocycles. The number of aryl methyl sites for hydroxylation is 1. The number of aliphatic hydroxyl groups is 1. The molecule has 0 bridgehead atoms. The summed E-state index contributed by atoms with van der Waals surface area (Å²) >= 11 is 1.47. The predicted molar refractivity (Wildman–Crippen MR) is 57.4 cm³/mol. The van der Waals surface area contributed by atoms with Crippen LogP contribution in [0.2, 0.25) is 0 Å². The summed E-state index contributed by atoms with van der Waals surface area (Å²) in [6.45, 7) is 2.03. The average molecular weight is 205 g/mol. The van der Waals surface area contributed by atoms with E-state index in [1.807, 2.05) is 31.2 Å². The quantitative estimate of drug-likeness (QED) is 0.817. The number of aromatic nitrogens is 1. The van der Waals surface area contributed by atoms with Crippen LogP contribution >= 0.6 is 11.3 Å². The molecule has 1 unspecified atom stereocenters. The molecule has 3 heteroatoms. The fourth-order valence-electron chi connectivity index (χ4n) is 1.27. The predicted octanol–water partition coefficient (Wildman–Crippen LogP) is 2.53. The highest BCUT2D eigenvalue weighted by atomic mass is 32.1. The molecule has 1 aromatic carbocycles. The Morgan fingerprint density at radius 1 is 1.29 bits per heavy atom. The van der Waals surface area contributed by atoms with E-state index in [0.717, 1.165) is 10.4 Å². The molecule has 0 saturated carbocycles. The van der Waals surface area contributed by atoms with Crippen LogP contribution in [0.15, 0.2) is 36.0 Å². The zero-order valence-corrected chi connectivity index (χ0v) is 8.66. The molecule has 2 rings (SSSR count). The Hall–Kier alpha value is -1.19. The highest BCUT2D eigenvalue weighted by molar-refractivity contribution is 7.09. The number of hydrogen-bond donors (Lipinski definition) is 1. The van der Waals surface area contributed by atoms with E-state index in [1.165, 1.54) is 16.9 Å². The lowest BCUT2D eigenvalue weighted by Crippen LogP contribution is -1.96. The van der Waals surface area contributed by atoms with E-state index in [-0.39, 0.29) is 0 Å².